The Morgan fingerprint density at radius 3 is 2.69 bits per heavy atom. The molecule has 0 unspecified atom stereocenters. The van der Waals surface area contributed by atoms with Crippen LogP contribution in [0.15, 0.2) is 30.7 Å². The van der Waals surface area contributed by atoms with Gasteiger partial charge in [-0.3, -0.25) is 0 Å². The third-order valence-corrected chi connectivity index (χ3v) is 5.06. The zero-order valence-corrected chi connectivity index (χ0v) is 19.7. The standard InChI is InChI=1S/C22H26FN9O3/c1-12(2)7-17(13(3)27-22(33)34)29-20-16(23)8-14(10-24)19(30-20)28-15-9-18(21(35-4)25-11-15)32-6-5-26-31-32/h5-6,8-9,11-13,17,27H,7H2,1-4H3,(H,33,34)(H2,28,29,30)/t13-,17+/m0/s1. The first-order valence-corrected chi connectivity index (χ1v) is 10.8. The van der Waals surface area contributed by atoms with Crippen molar-refractivity contribution in [2.75, 3.05) is 17.7 Å². The second-order valence-corrected chi connectivity index (χ2v) is 8.17. The van der Waals surface area contributed by atoms with Crippen LogP contribution in [0.1, 0.15) is 32.8 Å². The van der Waals surface area contributed by atoms with E-state index in [-0.39, 0.29) is 23.1 Å². The summed E-state index contributed by atoms with van der Waals surface area (Å²) in [6.07, 6.45) is 3.96. The number of pyridine rings is 2. The summed E-state index contributed by atoms with van der Waals surface area (Å²) >= 11 is 0. The number of amides is 1. The van der Waals surface area contributed by atoms with Crippen LogP contribution in [0.2, 0.25) is 0 Å². The smallest absolute Gasteiger partial charge is 0.404 e. The number of nitriles is 1. The summed E-state index contributed by atoms with van der Waals surface area (Å²) in [5.41, 5.74) is 0.903. The Morgan fingerprint density at radius 2 is 2.09 bits per heavy atom. The van der Waals surface area contributed by atoms with Crippen molar-refractivity contribution in [1.29, 1.82) is 5.26 Å². The Kier molecular flexibility index (Phi) is 7.98. The third-order valence-electron chi connectivity index (χ3n) is 5.06. The summed E-state index contributed by atoms with van der Waals surface area (Å²) < 4.78 is 21.6. The van der Waals surface area contributed by atoms with Crippen LogP contribution in [0.25, 0.3) is 5.69 Å². The summed E-state index contributed by atoms with van der Waals surface area (Å²) in [4.78, 5) is 19.7. The molecule has 0 fully saturated rings. The summed E-state index contributed by atoms with van der Waals surface area (Å²) in [6.45, 7) is 5.63. The third kappa shape index (κ3) is 6.32. The number of ether oxygens (including phenoxy) is 1. The Bertz CT molecular complexity index is 1210. The monoisotopic (exact) mass is 483 g/mol. The molecule has 3 rings (SSSR count). The highest BCUT2D eigenvalue weighted by Gasteiger charge is 2.23. The molecule has 3 aromatic rings. The SMILES string of the molecule is COc1ncc(Nc2nc(N[C@H](CC(C)C)[C@H](C)NC(=O)O)c(F)cc2C#N)cc1-n1ccnn1. The van der Waals surface area contributed by atoms with E-state index in [1.807, 2.05) is 19.9 Å². The van der Waals surface area contributed by atoms with Gasteiger partial charge in [0, 0.05) is 12.1 Å². The molecule has 0 aliphatic rings. The first-order chi connectivity index (χ1) is 16.7. The number of halogens is 1. The maximum atomic E-state index is 14.8. The molecule has 2 atom stereocenters. The van der Waals surface area contributed by atoms with Gasteiger partial charge in [0.2, 0.25) is 5.88 Å². The minimum atomic E-state index is -1.18. The summed E-state index contributed by atoms with van der Waals surface area (Å²) in [5, 5.41) is 34.7. The molecule has 0 radical (unpaired) electrons. The van der Waals surface area contributed by atoms with Crippen molar-refractivity contribution in [3.8, 4) is 17.6 Å². The molecular formula is C22H26FN9O3. The topological polar surface area (TPSA) is 163 Å². The zero-order chi connectivity index (χ0) is 25.5. The minimum Gasteiger partial charge on any atom is -0.479 e. The molecule has 3 aromatic heterocycles. The van der Waals surface area contributed by atoms with Crippen molar-refractivity contribution < 1.29 is 19.0 Å². The molecular weight excluding hydrogens is 457 g/mol. The molecule has 35 heavy (non-hydrogen) atoms. The molecule has 3 heterocycles. The van der Waals surface area contributed by atoms with Gasteiger partial charge in [0.05, 0.1) is 37.0 Å². The van der Waals surface area contributed by atoms with Crippen LogP contribution >= 0.6 is 0 Å². The van der Waals surface area contributed by atoms with Gasteiger partial charge in [-0.05, 0) is 31.4 Å². The second-order valence-electron chi connectivity index (χ2n) is 8.17. The van der Waals surface area contributed by atoms with Crippen molar-refractivity contribution in [3.63, 3.8) is 0 Å². The lowest BCUT2D eigenvalue weighted by atomic mass is 9.98. The Balaban J connectivity index is 1.94. The van der Waals surface area contributed by atoms with E-state index in [1.54, 1.807) is 19.2 Å². The van der Waals surface area contributed by atoms with Gasteiger partial charge in [-0.2, -0.15) is 5.26 Å². The Labute approximate surface area is 201 Å². The number of nitrogens with one attached hydrogen (secondary N) is 3. The van der Waals surface area contributed by atoms with Crippen molar-refractivity contribution >= 4 is 23.4 Å². The lowest BCUT2D eigenvalue weighted by Gasteiger charge is -2.27. The first kappa shape index (κ1) is 25.2. The minimum absolute atomic E-state index is 0.0247. The maximum absolute atomic E-state index is 14.8. The zero-order valence-electron chi connectivity index (χ0n) is 19.7. The maximum Gasteiger partial charge on any atom is 0.404 e. The fraction of sp³-hybridized carbons (Fsp3) is 0.364. The molecule has 184 valence electrons. The average Bonchev–Trinajstić information content (AvgIpc) is 3.34. The first-order valence-electron chi connectivity index (χ1n) is 10.8. The number of hydrogen-bond acceptors (Lipinski definition) is 9. The van der Waals surface area contributed by atoms with E-state index in [0.29, 0.717) is 23.7 Å². The Hall–Kier alpha value is -4.47. The van der Waals surface area contributed by atoms with Crippen molar-refractivity contribution in [2.24, 2.45) is 5.92 Å². The number of hydrogen-bond donors (Lipinski definition) is 4. The summed E-state index contributed by atoms with van der Waals surface area (Å²) in [7, 11) is 1.47. The van der Waals surface area contributed by atoms with Crippen LogP contribution in [0.4, 0.5) is 26.5 Å². The van der Waals surface area contributed by atoms with E-state index in [0.717, 1.165) is 6.07 Å². The molecule has 12 nitrogen and oxygen atoms in total. The molecule has 4 N–H and O–H groups in total. The van der Waals surface area contributed by atoms with Crippen molar-refractivity contribution in [3.05, 3.63) is 42.1 Å². The van der Waals surface area contributed by atoms with E-state index >= 15 is 0 Å². The van der Waals surface area contributed by atoms with Gasteiger partial charge in [0.15, 0.2) is 17.5 Å². The lowest BCUT2D eigenvalue weighted by molar-refractivity contribution is 0.188. The molecule has 0 saturated carbocycles. The molecule has 13 heteroatoms. The molecule has 0 aliphatic carbocycles. The van der Waals surface area contributed by atoms with E-state index in [9.17, 15) is 14.4 Å². The van der Waals surface area contributed by atoms with E-state index in [2.05, 4.69) is 36.2 Å². The highest BCUT2D eigenvalue weighted by atomic mass is 19.1. The van der Waals surface area contributed by atoms with Gasteiger partial charge in [0.1, 0.15) is 11.8 Å². The van der Waals surface area contributed by atoms with Crippen LogP contribution < -0.4 is 20.7 Å². The van der Waals surface area contributed by atoms with Crippen LogP contribution in [0.3, 0.4) is 0 Å². The van der Waals surface area contributed by atoms with Crippen molar-refractivity contribution in [1.82, 2.24) is 30.3 Å². The van der Waals surface area contributed by atoms with Gasteiger partial charge in [-0.1, -0.05) is 19.1 Å². The number of rotatable bonds is 10. The number of methoxy groups -OCH3 is 1. The van der Waals surface area contributed by atoms with Crippen LogP contribution in [-0.4, -0.2) is 55.4 Å². The predicted molar refractivity (Wildman–Crippen MR) is 125 cm³/mol. The normalized spacial score (nSPS) is 12.5. The number of aromatic nitrogens is 5. The molecule has 0 aliphatic heterocycles. The predicted octanol–water partition coefficient (Wildman–Crippen LogP) is 3.30. The van der Waals surface area contributed by atoms with Crippen LogP contribution in [0, 0.1) is 23.1 Å². The number of nitrogens with zero attached hydrogens (tertiary/aromatic N) is 6. The molecule has 0 saturated heterocycles. The van der Waals surface area contributed by atoms with Crippen LogP contribution in [-0.2, 0) is 0 Å². The van der Waals surface area contributed by atoms with Gasteiger partial charge < -0.3 is 25.8 Å². The van der Waals surface area contributed by atoms with Gasteiger partial charge >= 0.3 is 6.09 Å². The second kappa shape index (κ2) is 11.1. The Morgan fingerprint density at radius 1 is 1.31 bits per heavy atom. The number of anilines is 3. The molecule has 0 bridgehead atoms. The molecule has 0 spiro atoms. The number of carboxylic acid groups (broad SMARTS) is 1. The lowest BCUT2D eigenvalue weighted by Crippen LogP contribution is -2.45. The fourth-order valence-electron chi connectivity index (χ4n) is 3.44. The fourth-order valence-corrected chi connectivity index (χ4v) is 3.44. The molecule has 0 aromatic carbocycles. The number of carbonyl (C=O) groups is 1. The van der Waals surface area contributed by atoms with Crippen molar-refractivity contribution in [2.45, 2.75) is 39.3 Å². The average molecular weight is 484 g/mol. The van der Waals surface area contributed by atoms with E-state index in [1.165, 1.54) is 24.2 Å². The highest BCUT2D eigenvalue weighted by Crippen LogP contribution is 2.28. The largest absolute Gasteiger partial charge is 0.479 e. The highest BCUT2D eigenvalue weighted by molar-refractivity contribution is 5.67. The molecule has 1 amide bonds. The summed E-state index contributed by atoms with van der Waals surface area (Å²) in [5.74, 6) is -0.263. The van der Waals surface area contributed by atoms with Gasteiger partial charge in [-0.25, -0.2) is 23.8 Å². The summed E-state index contributed by atoms with van der Waals surface area (Å²) in [6, 6.07) is 3.68. The van der Waals surface area contributed by atoms with Gasteiger partial charge in [-0.15, -0.1) is 5.10 Å². The van der Waals surface area contributed by atoms with E-state index < -0.39 is 24.0 Å². The van der Waals surface area contributed by atoms with Crippen LogP contribution in [0.5, 0.6) is 5.88 Å². The van der Waals surface area contributed by atoms with Gasteiger partial charge in [0.25, 0.3) is 0 Å². The quantitative estimate of drug-likeness (QED) is 0.336. The van der Waals surface area contributed by atoms with E-state index in [4.69, 9.17) is 9.84 Å².